The molecule has 1 heterocycles. The number of oxazole rings is 1. The first-order chi connectivity index (χ1) is 16.0. The Hall–Kier alpha value is -2.43. The zero-order chi connectivity index (χ0) is 23.1. The minimum absolute atomic E-state index is 0.258. The highest BCUT2D eigenvalue weighted by molar-refractivity contribution is 5.26. The second kappa shape index (κ2) is 11.1. The van der Waals surface area contributed by atoms with Gasteiger partial charge in [-0.15, -0.1) is 0 Å². The quantitative estimate of drug-likeness (QED) is 0.263. The first-order valence-electron chi connectivity index (χ1n) is 12.4. The molecule has 4 rings (SSSR count). The van der Waals surface area contributed by atoms with Crippen molar-refractivity contribution in [3.8, 4) is 0 Å². The molecule has 1 saturated carbocycles. The lowest BCUT2D eigenvalue weighted by Crippen LogP contribution is -2.41. The van der Waals surface area contributed by atoms with Crippen LogP contribution >= 0.6 is 0 Å². The SMILES string of the molecule is Cc1ccc(COCC[N+](C)(C)Cc2cnc(C(c3ccccc3)C3CCCCC3)o2)cc1. The van der Waals surface area contributed by atoms with Crippen molar-refractivity contribution in [1.29, 1.82) is 0 Å². The van der Waals surface area contributed by atoms with Crippen LogP contribution in [0.3, 0.4) is 0 Å². The van der Waals surface area contributed by atoms with Gasteiger partial charge >= 0.3 is 0 Å². The van der Waals surface area contributed by atoms with Gasteiger partial charge in [0.2, 0.25) is 5.89 Å². The van der Waals surface area contributed by atoms with Crippen LogP contribution in [-0.4, -0.2) is 36.7 Å². The van der Waals surface area contributed by atoms with Crippen molar-refractivity contribution >= 4 is 0 Å². The van der Waals surface area contributed by atoms with Crippen LogP contribution in [0, 0.1) is 12.8 Å². The molecule has 33 heavy (non-hydrogen) atoms. The lowest BCUT2D eigenvalue weighted by atomic mass is 9.77. The molecule has 2 aromatic carbocycles. The molecule has 176 valence electrons. The van der Waals surface area contributed by atoms with Crippen LogP contribution in [0.4, 0.5) is 0 Å². The van der Waals surface area contributed by atoms with E-state index in [0.717, 1.165) is 35.8 Å². The van der Waals surface area contributed by atoms with E-state index in [0.29, 0.717) is 12.5 Å². The number of nitrogens with zero attached hydrogens (tertiary/aromatic N) is 2. The maximum atomic E-state index is 6.41. The topological polar surface area (TPSA) is 35.3 Å². The highest BCUT2D eigenvalue weighted by Gasteiger charge is 2.31. The summed E-state index contributed by atoms with van der Waals surface area (Å²) in [6.07, 6.45) is 8.45. The molecular weight excluding hydrogens is 408 g/mol. The van der Waals surface area contributed by atoms with Crippen LogP contribution in [0.2, 0.25) is 0 Å². The Labute approximate surface area is 199 Å². The number of aromatic nitrogens is 1. The summed E-state index contributed by atoms with van der Waals surface area (Å²) in [6.45, 7) is 5.22. The highest BCUT2D eigenvalue weighted by atomic mass is 16.5. The fraction of sp³-hybridized carbons (Fsp3) is 0.483. The molecule has 1 aliphatic carbocycles. The Kier molecular flexibility index (Phi) is 8.00. The zero-order valence-corrected chi connectivity index (χ0v) is 20.5. The molecular formula is C29H39N2O2+. The molecule has 1 unspecified atom stereocenters. The molecule has 4 heteroatoms. The largest absolute Gasteiger partial charge is 0.439 e. The average Bonchev–Trinajstić information content (AvgIpc) is 3.26. The molecule has 0 radical (unpaired) electrons. The maximum absolute atomic E-state index is 6.41. The smallest absolute Gasteiger partial charge is 0.202 e. The van der Waals surface area contributed by atoms with Crippen molar-refractivity contribution < 1.29 is 13.6 Å². The van der Waals surface area contributed by atoms with E-state index in [4.69, 9.17) is 14.1 Å². The van der Waals surface area contributed by atoms with Crippen molar-refractivity contribution in [1.82, 2.24) is 4.98 Å². The van der Waals surface area contributed by atoms with Crippen molar-refractivity contribution in [2.75, 3.05) is 27.2 Å². The van der Waals surface area contributed by atoms with Gasteiger partial charge in [0, 0.05) is 0 Å². The Morgan fingerprint density at radius 3 is 2.45 bits per heavy atom. The van der Waals surface area contributed by atoms with Crippen molar-refractivity contribution in [3.05, 3.63) is 89.1 Å². The summed E-state index contributed by atoms with van der Waals surface area (Å²) in [7, 11) is 4.46. The molecule has 1 aromatic heterocycles. The van der Waals surface area contributed by atoms with E-state index in [1.807, 2.05) is 6.20 Å². The minimum atomic E-state index is 0.258. The van der Waals surface area contributed by atoms with Gasteiger partial charge in [-0.3, -0.25) is 0 Å². The first kappa shape index (κ1) is 23.7. The third-order valence-electron chi connectivity index (χ3n) is 6.93. The highest BCUT2D eigenvalue weighted by Crippen LogP contribution is 2.40. The maximum Gasteiger partial charge on any atom is 0.202 e. The molecule has 1 atom stereocenters. The van der Waals surface area contributed by atoms with Crippen molar-refractivity contribution in [2.45, 2.75) is 58.1 Å². The number of aryl methyl sites for hydroxylation is 1. The molecule has 0 N–H and O–H groups in total. The molecule has 0 aliphatic heterocycles. The van der Waals surface area contributed by atoms with E-state index >= 15 is 0 Å². The molecule has 1 fully saturated rings. The summed E-state index contributed by atoms with van der Waals surface area (Å²) < 4.78 is 13.2. The van der Waals surface area contributed by atoms with Crippen LogP contribution in [0.15, 0.2) is 65.2 Å². The summed E-state index contributed by atoms with van der Waals surface area (Å²) in [5.74, 6) is 2.73. The third kappa shape index (κ3) is 6.78. The van der Waals surface area contributed by atoms with Gasteiger partial charge in [0.1, 0.15) is 13.1 Å². The van der Waals surface area contributed by atoms with E-state index in [9.17, 15) is 0 Å². The number of likely N-dealkylation sites (N-methyl/N-ethyl adjacent to an activating group) is 1. The second-order valence-electron chi connectivity index (χ2n) is 10.3. The van der Waals surface area contributed by atoms with Crippen LogP contribution in [0.5, 0.6) is 0 Å². The number of ether oxygens (including phenoxy) is 1. The summed E-state index contributed by atoms with van der Waals surface area (Å²) in [6, 6.07) is 19.4. The van der Waals surface area contributed by atoms with Gasteiger partial charge in [0.05, 0.1) is 39.4 Å². The van der Waals surface area contributed by atoms with Crippen LogP contribution in [0.25, 0.3) is 0 Å². The minimum Gasteiger partial charge on any atom is -0.439 e. The van der Waals surface area contributed by atoms with Gasteiger partial charge in [-0.2, -0.15) is 0 Å². The molecule has 0 spiro atoms. The molecule has 0 bridgehead atoms. The fourth-order valence-corrected chi connectivity index (χ4v) is 4.97. The summed E-state index contributed by atoms with van der Waals surface area (Å²) in [5.41, 5.74) is 3.83. The predicted molar refractivity (Wildman–Crippen MR) is 133 cm³/mol. The van der Waals surface area contributed by atoms with E-state index in [1.54, 1.807) is 0 Å². The van der Waals surface area contributed by atoms with Gasteiger partial charge < -0.3 is 13.6 Å². The van der Waals surface area contributed by atoms with E-state index < -0.39 is 0 Å². The zero-order valence-electron chi connectivity index (χ0n) is 20.5. The lowest BCUT2D eigenvalue weighted by Gasteiger charge is -2.29. The number of hydrogen-bond acceptors (Lipinski definition) is 3. The third-order valence-corrected chi connectivity index (χ3v) is 6.93. The van der Waals surface area contributed by atoms with Gasteiger partial charge in [-0.25, -0.2) is 4.98 Å². The molecule has 0 amide bonds. The number of rotatable bonds is 10. The Balaban J connectivity index is 1.36. The number of quaternary nitrogens is 1. The number of hydrogen-bond donors (Lipinski definition) is 0. The average molecular weight is 448 g/mol. The molecule has 4 nitrogen and oxygen atoms in total. The standard InChI is InChI=1S/C29H39N2O2/c1-23-14-16-24(17-15-23)22-32-19-18-31(2,3)21-27-20-30-29(33-27)28(25-10-6-4-7-11-25)26-12-8-5-9-13-26/h4,6-7,10-11,14-17,20,26,28H,5,8-9,12-13,18-19,21-22H2,1-3H3/q+1. The van der Waals surface area contributed by atoms with Gasteiger partial charge in [-0.1, -0.05) is 79.4 Å². The summed E-state index contributed by atoms with van der Waals surface area (Å²) in [4.78, 5) is 4.79. The fourth-order valence-electron chi connectivity index (χ4n) is 4.97. The molecule has 0 saturated heterocycles. The van der Waals surface area contributed by atoms with Crippen LogP contribution < -0.4 is 0 Å². The molecule has 1 aliphatic rings. The number of benzene rings is 2. The summed E-state index contributed by atoms with van der Waals surface area (Å²) >= 11 is 0. The van der Waals surface area contributed by atoms with E-state index in [2.05, 4.69) is 75.6 Å². The van der Waals surface area contributed by atoms with E-state index in [-0.39, 0.29) is 5.92 Å². The predicted octanol–water partition coefficient (Wildman–Crippen LogP) is 6.49. The van der Waals surface area contributed by atoms with Crippen LogP contribution in [-0.2, 0) is 17.9 Å². The van der Waals surface area contributed by atoms with Gasteiger partial charge in [-0.05, 0) is 36.8 Å². The lowest BCUT2D eigenvalue weighted by molar-refractivity contribution is -0.905. The normalized spacial score (nSPS) is 16.1. The van der Waals surface area contributed by atoms with Gasteiger partial charge in [0.25, 0.3) is 0 Å². The Morgan fingerprint density at radius 2 is 1.73 bits per heavy atom. The Bertz CT molecular complexity index is 972. The van der Waals surface area contributed by atoms with Crippen molar-refractivity contribution in [2.24, 2.45) is 5.92 Å². The van der Waals surface area contributed by atoms with Gasteiger partial charge in [0.15, 0.2) is 5.76 Å². The summed E-state index contributed by atoms with van der Waals surface area (Å²) in [5, 5.41) is 0. The van der Waals surface area contributed by atoms with Crippen molar-refractivity contribution in [3.63, 3.8) is 0 Å². The van der Waals surface area contributed by atoms with Crippen LogP contribution in [0.1, 0.15) is 66.4 Å². The first-order valence-corrected chi connectivity index (χ1v) is 12.4. The monoisotopic (exact) mass is 447 g/mol. The van der Waals surface area contributed by atoms with E-state index in [1.165, 1.54) is 48.8 Å². The molecule has 3 aromatic rings. The second-order valence-corrected chi connectivity index (χ2v) is 10.3. The Morgan fingerprint density at radius 1 is 1.00 bits per heavy atom.